The van der Waals surface area contributed by atoms with Crippen molar-refractivity contribution in [3.63, 3.8) is 0 Å². The van der Waals surface area contributed by atoms with Crippen LogP contribution in [-0.4, -0.2) is 23.3 Å². The summed E-state index contributed by atoms with van der Waals surface area (Å²) < 4.78 is 6.37. The van der Waals surface area contributed by atoms with Crippen molar-refractivity contribution in [2.45, 2.75) is 0 Å². The van der Waals surface area contributed by atoms with Gasteiger partial charge in [-0.15, -0.1) is 0 Å². The molecule has 0 atom stereocenters. The van der Waals surface area contributed by atoms with Crippen LogP contribution in [0.1, 0.15) is 5.56 Å². The molecule has 148 valence electrons. The Morgan fingerprint density at radius 2 is 1.47 bits per heavy atom. The second-order valence-electron chi connectivity index (χ2n) is 6.45. The van der Waals surface area contributed by atoms with Crippen LogP contribution in [0.15, 0.2) is 94.5 Å². The quantitative estimate of drug-likeness (QED) is 0.283. The fraction of sp³-hybridized carbons (Fsp3) is 0.0417. The van der Waals surface area contributed by atoms with Crippen LogP contribution in [0.4, 0.5) is 5.95 Å². The summed E-state index contributed by atoms with van der Waals surface area (Å²) in [5, 5.41) is 4.32. The molecule has 5 nitrogen and oxygen atoms in total. The van der Waals surface area contributed by atoms with E-state index in [1.54, 1.807) is 13.3 Å². The maximum Gasteiger partial charge on any atom is 0.244 e. The van der Waals surface area contributed by atoms with Gasteiger partial charge >= 0.3 is 0 Å². The summed E-state index contributed by atoms with van der Waals surface area (Å²) in [5.41, 5.74) is 7.45. The second-order valence-corrected chi connectivity index (χ2v) is 7.36. The van der Waals surface area contributed by atoms with Crippen LogP contribution < -0.4 is 10.2 Å². The smallest absolute Gasteiger partial charge is 0.244 e. The lowest BCUT2D eigenvalue weighted by Gasteiger charge is -2.09. The Morgan fingerprint density at radius 1 is 0.833 bits per heavy atom. The molecule has 0 bridgehead atoms. The molecular weight excluding hydrogens is 440 g/mol. The molecule has 0 amide bonds. The van der Waals surface area contributed by atoms with Crippen molar-refractivity contribution in [2.75, 3.05) is 12.5 Å². The highest BCUT2D eigenvalue weighted by molar-refractivity contribution is 9.10. The average molecular weight is 459 g/mol. The predicted octanol–water partition coefficient (Wildman–Crippen LogP) is 6.03. The Labute approximate surface area is 183 Å². The number of hydrazone groups is 1. The molecule has 4 aromatic rings. The van der Waals surface area contributed by atoms with Gasteiger partial charge in [-0.3, -0.25) is 0 Å². The number of benzene rings is 3. The molecule has 0 aliphatic rings. The third-order valence-electron chi connectivity index (χ3n) is 4.44. The van der Waals surface area contributed by atoms with Crippen molar-refractivity contribution in [2.24, 2.45) is 5.10 Å². The van der Waals surface area contributed by atoms with Crippen molar-refractivity contribution in [1.82, 2.24) is 9.97 Å². The number of nitrogens with zero attached hydrogens (tertiary/aromatic N) is 3. The molecule has 0 saturated carbocycles. The van der Waals surface area contributed by atoms with Crippen LogP contribution in [0.3, 0.4) is 0 Å². The van der Waals surface area contributed by atoms with Gasteiger partial charge < -0.3 is 4.74 Å². The third kappa shape index (κ3) is 4.72. The van der Waals surface area contributed by atoms with Gasteiger partial charge in [0.15, 0.2) is 0 Å². The van der Waals surface area contributed by atoms with E-state index < -0.39 is 0 Å². The van der Waals surface area contributed by atoms with Crippen molar-refractivity contribution in [1.29, 1.82) is 0 Å². The number of rotatable bonds is 6. The zero-order valence-electron chi connectivity index (χ0n) is 16.3. The van der Waals surface area contributed by atoms with Crippen LogP contribution in [-0.2, 0) is 0 Å². The van der Waals surface area contributed by atoms with Gasteiger partial charge in [0, 0.05) is 21.2 Å². The summed E-state index contributed by atoms with van der Waals surface area (Å²) >= 11 is 3.48. The third-order valence-corrected chi connectivity index (χ3v) is 4.97. The summed E-state index contributed by atoms with van der Waals surface area (Å²) in [6, 6.07) is 27.7. The fourth-order valence-electron chi connectivity index (χ4n) is 2.96. The molecule has 0 radical (unpaired) electrons. The normalized spacial score (nSPS) is 10.9. The van der Waals surface area contributed by atoms with Crippen molar-refractivity contribution >= 4 is 28.1 Å². The maximum absolute atomic E-state index is 5.36. The van der Waals surface area contributed by atoms with Crippen LogP contribution in [0.2, 0.25) is 0 Å². The van der Waals surface area contributed by atoms with Crippen LogP contribution in [0.5, 0.6) is 5.75 Å². The first kappa shape index (κ1) is 19.8. The van der Waals surface area contributed by atoms with Gasteiger partial charge in [0.05, 0.1) is 24.7 Å². The van der Waals surface area contributed by atoms with E-state index in [1.807, 2.05) is 84.9 Å². The maximum atomic E-state index is 5.36. The highest BCUT2D eigenvalue weighted by atomic mass is 79.9. The monoisotopic (exact) mass is 458 g/mol. The van der Waals surface area contributed by atoms with Crippen LogP contribution in [0.25, 0.3) is 22.5 Å². The molecule has 1 N–H and O–H groups in total. The fourth-order valence-corrected chi connectivity index (χ4v) is 3.22. The van der Waals surface area contributed by atoms with Gasteiger partial charge in [-0.1, -0.05) is 70.5 Å². The van der Waals surface area contributed by atoms with Gasteiger partial charge in [0.2, 0.25) is 5.95 Å². The molecule has 0 spiro atoms. The number of halogens is 1. The lowest BCUT2D eigenvalue weighted by atomic mass is 10.1. The van der Waals surface area contributed by atoms with E-state index in [1.165, 1.54) is 0 Å². The summed E-state index contributed by atoms with van der Waals surface area (Å²) in [6.45, 7) is 0. The van der Waals surface area contributed by atoms with Gasteiger partial charge in [-0.05, 0) is 30.3 Å². The number of anilines is 1. The number of hydrogen-bond acceptors (Lipinski definition) is 5. The molecule has 1 heterocycles. The Morgan fingerprint density at radius 3 is 2.17 bits per heavy atom. The molecule has 0 unspecified atom stereocenters. The first-order chi connectivity index (χ1) is 14.7. The molecular formula is C24H19BrN4O. The summed E-state index contributed by atoms with van der Waals surface area (Å²) in [4.78, 5) is 9.29. The van der Waals surface area contributed by atoms with E-state index in [2.05, 4.69) is 36.4 Å². The van der Waals surface area contributed by atoms with Gasteiger partial charge in [-0.25, -0.2) is 15.4 Å². The Hall–Kier alpha value is -3.51. The lowest BCUT2D eigenvalue weighted by molar-refractivity contribution is 0.414. The molecule has 0 aliphatic heterocycles. The lowest BCUT2D eigenvalue weighted by Crippen LogP contribution is -2.00. The summed E-state index contributed by atoms with van der Waals surface area (Å²) in [5.74, 6) is 1.16. The Bertz CT molecular complexity index is 1160. The minimum absolute atomic E-state index is 0.417. The van der Waals surface area contributed by atoms with E-state index in [0.717, 1.165) is 38.3 Å². The zero-order valence-corrected chi connectivity index (χ0v) is 17.9. The summed E-state index contributed by atoms with van der Waals surface area (Å²) in [6.07, 6.45) is 1.69. The number of hydrogen-bond donors (Lipinski definition) is 1. The zero-order chi connectivity index (χ0) is 20.8. The van der Waals surface area contributed by atoms with Gasteiger partial charge in [-0.2, -0.15) is 5.10 Å². The topological polar surface area (TPSA) is 59.4 Å². The standard InChI is InChI=1S/C24H19BrN4O/c1-30-23-10-6-5-9-19(23)16-26-29-24-27-21(17-7-3-2-4-8-17)15-22(28-24)18-11-13-20(25)14-12-18/h2-16H,1H3,(H,27,28,29)/b26-16-. The van der Waals surface area contributed by atoms with Crippen molar-refractivity contribution in [3.8, 4) is 28.3 Å². The predicted molar refractivity (Wildman–Crippen MR) is 125 cm³/mol. The largest absolute Gasteiger partial charge is 0.496 e. The number of methoxy groups -OCH3 is 1. The molecule has 6 heteroatoms. The first-order valence-corrected chi connectivity index (χ1v) is 10.1. The first-order valence-electron chi connectivity index (χ1n) is 9.35. The summed E-state index contributed by atoms with van der Waals surface area (Å²) in [7, 11) is 1.64. The van der Waals surface area contributed by atoms with Crippen LogP contribution in [0, 0.1) is 0 Å². The van der Waals surface area contributed by atoms with E-state index >= 15 is 0 Å². The van der Waals surface area contributed by atoms with Crippen molar-refractivity contribution < 1.29 is 4.74 Å². The van der Waals surface area contributed by atoms with E-state index in [-0.39, 0.29) is 0 Å². The number of ether oxygens (including phenoxy) is 1. The second kappa shape index (κ2) is 9.33. The average Bonchev–Trinajstić information content (AvgIpc) is 2.80. The number of nitrogens with one attached hydrogen (secondary N) is 1. The Kier molecular flexibility index (Phi) is 6.15. The minimum Gasteiger partial charge on any atom is -0.496 e. The number of para-hydroxylation sites is 1. The molecule has 3 aromatic carbocycles. The molecule has 30 heavy (non-hydrogen) atoms. The molecule has 4 rings (SSSR count). The molecule has 1 aromatic heterocycles. The Balaban J connectivity index is 1.68. The SMILES string of the molecule is COc1ccccc1/C=N\Nc1nc(-c2ccccc2)cc(-c2ccc(Br)cc2)n1. The van der Waals surface area contributed by atoms with Gasteiger partial charge in [0.25, 0.3) is 0 Å². The van der Waals surface area contributed by atoms with E-state index in [9.17, 15) is 0 Å². The van der Waals surface area contributed by atoms with E-state index in [4.69, 9.17) is 4.74 Å². The number of aromatic nitrogens is 2. The van der Waals surface area contributed by atoms with Crippen LogP contribution >= 0.6 is 15.9 Å². The molecule has 0 saturated heterocycles. The van der Waals surface area contributed by atoms with Crippen molar-refractivity contribution in [3.05, 3.63) is 95.0 Å². The molecule has 0 aliphatic carbocycles. The highest BCUT2D eigenvalue weighted by Crippen LogP contribution is 2.26. The highest BCUT2D eigenvalue weighted by Gasteiger charge is 2.08. The minimum atomic E-state index is 0.417. The van der Waals surface area contributed by atoms with E-state index in [0.29, 0.717) is 5.95 Å². The molecule has 0 fully saturated rings. The van der Waals surface area contributed by atoms with Gasteiger partial charge in [0.1, 0.15) is 5.75 Å².